The van der Waals surface area contributed by atoms with Crippen LogP contribution in [0.25, 0.3) is 22.5 Å². The molecule has 1 aliphatic rings. The number of pyridine rings is 1. The van der Waals surface area contributed by atoms with Gasteiger partial charge in [0.15, 0.2) is 0 Å². The normalized spacial score (nSPS) is 16.8. The number of carbonyl (C=O) groups excluding carboxylic acids is 1. The third-order valence-electron chi connectivity index (χ3n) is 5.05. The molecule has 1 fully saturated rings. The molecule has 3 heterocycles. The largest absolute Gasteiger partial charge is 0.342 e. The van der Waals surface area contributed by atoms with Gasteiger partial charge in [0, 0.05) is 49.5 Å². The van der Waals surface area contributed by atoms with E-state index < -0.39 is 0 Å². The number of hydrogen-bond acceptors (Lipinski definition) is 4. The molecule has 1 unspecified atom stereocenters. The minimum atomic E-state index is -0.305. The summed E-state index contributed by atoms with van der Waals surface area (Å²) in [5.74, 6) is 0.507. The number of hydrogen-bond donors (Lipinski definition) is 0. The summed E-state index contributed by atoms with van der Waals surface area (Å²) < 4.78 is 13.8. The van der Waals surface area contributed by atoms with E-state index in [1.54, 1.807) is 25.4 Å². The summed E-state index contributed by atoms with van der Waals surface area (Å²) in [6.07, 6.45) is 5.30. The Kier molecular flexibility index (Phi) is 5.10. The molecule has 0 radical (unpaired) electrons. The molecule has 28 heavy (non-hydrogen) atoms. The summed E-state index contributed by atoms with van der Waals surface area (Å²) in [5, 5.41) is 0. The summed E-state index contributed by atoms with van der Waals surface area (Å²) >= 11 is 0. The van der Waals surface area contributed by atoms with Gasteiger partial charge in [-0.3, -0.25) is 9.78 Å². The Morgan fingerprint density at radius 2 is 1.89 bits per heavy atom. The molecule has 0 saturated carbocycles. The predicted octanol–water partition coefficient (Wildman–Crippen LogP) is 4.07. The van der Waals surface area contributed by atoms with Crippen molar-refractivity contribution < 1.29 is 9.18 Å². The lowest BCUT2D eigenvalue weighted by Gasteiger charge is -2.31. The molecule has 1 amide bonds. The lowest BCUT2D eigenvalue weighted by atomic mass is 9.96. The Bertz CT molecular complexity index is 993. The van der Waals surface area contributed by atoms with E-state index in [0.717, 1.165) is 30.6 Å². The summed E-state index contributed by atoms with van der Waals surface area (Å²) in [5.41, 5.74) is 3.00. The molecule has 1 aromatic carbocycles. The maximum absolute atomic E-state index is 13.8. The molecule has 3 aromatic rings. The zero-order valence-electron chi connectivity index (χ0n) is 15.7. The maximum atomic E-state index is 13.8. The van der Waals surface area contributed by atoms with Crippen LogP contribution in [0.4, 0.5) is 4.39 Å². The molecule has 0 N–H and O–H groups in total. The van der Waals surface area contributed by atoms with Crippen LogP contribution in [0.1, 0.15) is 31.5 Å². The highest BCUT2D eigenvalue weighted by Crippen LogP contribution is 2.30. The van der Waals surface area contributed by atoms with E-state index in [1.807, 2.05) is 29.2 Å². The van der Waals surface area contributed by atoms with Gasteiger partial charge in [-0.25, -0.2) is 14.4 Å². The van der Waals surface area contributed by atoms with Gasteiger partial charge < -0.3 is 4.90 Å². The quantitative estimate of drug-likeness (QED) is 0.691. The average molecular weight is 376 g/mol. The monoisotopic (exact) mass is 376 g/mol. The Hall–Kier alpha value is -3.15. The minimum Gasteiger partial charge on any atom is -0.342 e. The highest BCUT2D eigenvalue weighted by molar-refractivity contribution is 5.73. The molecular weight excluding hydrogens is 355 g/mol. The Morgan fingerprint density at radius 3 is 2.61 bits per heavy atom. The number of piperidine rings is 1. The van der Waals surface area contributed by atoms with Crippen molar-refractivity contribution in [3.8, 4) is 22.5 Å². The number of aromatic nitrogens is 3. The van der Waals surface area contributed by atoms with Gasteiger partial charge in [-0.05, 0) is 43.2 Å². The number of amides is 1. The highest BCUT2D eigenvalue weighted by atomic mass is 19.1. The van der Waals surface area contributed by atoms with E-state index in [9.17, 15) is 9.18 Å². The topological polar surface area (TPSA) is 59.0 Å². The molecule has 2 aromatic heterocycles. The SMILES string of the molecule is CC(=O)N1CCCC(c2nc(-c3cccnc3)cc(-c3cccc(F)c3)n2)C1. The smallest absolute Gasteiger partial charge is 0.219 e. The van der Waals surface area contributed by atoms with Gasteiger partial charge in [-0.2, -0.15) is 0 Å². The zero-order valence-corrected chi connectivity index (χ0v) is 15.7. The van der Waals surface area contributed by atoms with E-state index in [4.69, 9.17) is 9.97 Å². The fraction of sp³-hybridized carbons (Fsp3) is 0.273. The Morgan fingerprint density at radius 1 is 1.11 bits per heavy atom. The van der Waals surface area contributed by atoms with Gasteiger partial charge in [0.25, 0.3) is 0 Å². The first-order valence-electron chi connectivity index (χ1n) is 9.41. The lowest BCUT2D eigenvalue weighted by Crippen LogP contribution is -2.38. The number of carbonyl (C=O) groups is 1. The maximum Gasteiger partial charge on any atom is 0.219 e. The van der Waals surface area contributed by atoms with Crippen molar-refractivity contribution in [1.82, 2.24) is 19.9 Å². The fourth-order valence-corrected chi connectivity index (χ4v) is 3.58. The predicted molar refractivity (Wildman–Crippen MR) is 105 cm³/mol. The van der Waals surface area contributed by atoms with E-state index >= 15 is 0 Å². The van der Waals surface area contributed by atoms with Crippen molar-refractivity contribution in [2.45, 2.75) is 25.7 Å². The number of likely N-dealkylation sites (tertiary alicyclic amines) is 1. The van der Waals surface area contributed by atoms with Crippen LogP contribution >= 0.6 is 0 Å². The van der Waals surface area contributed by atoms with Crippen molar-refractivity contribution in [1.29, 1.82) is 0 Å². The van der Waals surface area contributed by atoms with Crippen LogP contribution in [0.5, 0.6) is 0 Å². The third kappa shape index (κ3) is 3.91. The van der Waals surface area contributed by atoms with Crippen molar-refractivity contribution in [3.63, 3.8) is 0 Å². The molecule has 1 aliphatic heterocycles. The standard InChI is InChI=1S/C22H21FN4O/c1-15(28)27-10-4-7-18(14-27)22-25-20(16-5-2-8-19(23)11-16)12-21(26-22)17-6-3-9-24-13-17/h2-3,5-6,8-9,11-13,18H,4,7,10,14H2,1H3. The van der Waals surface area contributed by atoms with Gasteiger partial charge in [-0.15, -0.1) is 0 Å². The minimum absolute atomic E-state index is 0.0570. The van der Waals surface area contributed by atoms with Crippen LogP contribution in [0.15, 0.2) is 54.9 Å². The van der Waals surface area contributed by atoms with Crippen molar-refractivity contribution in [2.75, 3.05) is 13.1 Å². The van der Waals surface area contributed by atoms with Gasteiger partial charge >= 0.3 is 0 Å². The van der Waals surface area contributed by atoms with Gasteiger partial charge in [0.05, 0.1) is 11.4 Å². The molecule has 6 heteroatoms. The molecule has 4 rings (SSSR count). The fourth-order valence-electron chi connectivity index (χ4n) is 3.58. The summed E-state index contributed by atoms with van der Waals surface area (Å²) in [6, 6.07) is 12.1. The van der Waals surface area contributed by atoms with Crippen LogP contribution in [0.3, 0.4) is 0 Å². The van der Waals surface area contributed by atoms with Gasteiger partial charge in [-0.1, -0.05) is 12.1 Å². The van der Waals surface area contributed by atoms with E-state index in [2.05, 4.69) is 4.98 Å². The van der Waals surface area contributed by atoms with E-state index in [0.29, 0.717) is 23.6 Å². The Balaban J connectivity index is 1.79. The van der Waals surface area contributed by atoms with Crippen molar-refractivity contribution in [2.24, 2.45) is 0 Å². The van der Waals surface area contributed by atoms with Crippen LogP contribution in [0.2, 0.25) is 0 Å². The second-order valence-corrected chi connectivity index (χ2v) is 7.05. The number of rotatable bonds is 3. The van der Waals surface area contributed by atoms with Gasteiger partial charge in [0.2, 0.25) is 5.91 Å². The molecule has 0 bridgehead atoms. The number of nitrogens with zero attached hydrogens (tertiary/aromatic N) is 4. The first kappa shape index (κ1) is 18.2. The van der Waals surface area contributed by atoms with Crippen LogP contribution in [-0.4, -0.2) is 38.8 Å². The number of halogens is 1. The summed E-state index contributed by atoms with van der Waals surface area (Å²) in [6.45, 7) is 2.97. The highest BCUT2D eigenvalue weighted by Gasteiger charge is 2.26. The van der Waals surface area contributed by atoms with Crippen LogP contribution in [0, 0.1) is 5.82 Å². The van der Waals surface area contributed by atoms with Crippen LogP contribution in [-0.2, 0) is 4.79 Å². The molecule has 0 spiro atoms. The van der Waals surface area contributed by atoms with Crippen LogP contribution < -0.4 is 0 Å². The summed E-state index contributed by atoms with van der Waals surface area (Å²) in [7, 11) is 0. The zero-order chi connectivity index (χ0) is 19.5. The third-order valence-corrected chi connectivity index (χ3v) is 5.05. The lowest BCUT2D eigenvalue weighted by molar-refractivity contribution is -0.130. The molecule has 1 saturated heterocycles. The van der Waals surface area contributed by atoms with Gasteiger partial charge in [0.1, 0.15) is 11.6 Å². The summed E-state index contributed by atoms with van der Waals surface area (Å²) in [4.78, 5) is 27.4. The molecular formula is C22H21FN4O. The Labute approximate surface area is 163 Å². The average Bonchev–Trinajstić information content (AvgIpc) is 2.74. The first-order chi connectivity index (χ1) is 13.6. The van der Waals surface area contributed by atoms with E-state index in [-0.39, 0.29) is 17.6 Å². The molecule has 0 aliphatic carbocycles. The molecule has 5 nitrogen and oxygen atoms in total. The van der Waals surface area contributed by atoms with E-state index in [1.165, 1.54) is 12.1 Å². The van der Waals surface area contributed by atoms with Crippen molar-refractivity contribution in [3.05, 3.63) is 66.5 Å². The second-order valence-electron chi connectivity index (χ2n) is 7.05. The second kappa shape index (κ2) is 7.84. The molecule has 142 valence electrons. The number of benzene rings is 1. The molecule has 1 atom stereocenters. The first-order valence-corrected chi connectivity index (χ1v) is 9.41. The van der Waals surface area contributed by atoms with Crippen molar-refractivity contribution >= 4 is 5.91 Å².